The SMILES string of the molecule is CC(C)C(C)C1=CC2(C)C(C)CCCC2C(=O)C1=O. The lowest BCUT2D eigenvalue weighted by Gasteiger charge is -2.46. The molecule has 4 unspecified atom stereocenters. The summed E-state index contributed by atoms with van der Waals surface area (Å²) < 4.78 is 0. The first-order valence-corrected chi connectivity index (χ1v) is 7.60. The molecule has 0 bridgehead atoms. The number of ketones is 2. The summed E-state index contributed by atoms with van der Waals surface area (Å²) in [6.07, 6.45) is 5.28. The van der Waals surface area contributed by atoms with Crippen molar-refractivity contribution in [3.05, 3.63) is 11.6 Å². The van der Waals surface area contributed by atoms with Gasteiger partial charge >= 0.3 is 0 Å². The van der Waals surface area contributed by atoms with Gasteiger partial charge in [-0.15, -0.1) is 0 Å². The summed E-state index contributed by atoms with van der Waals surface area (Å²) in [5.41, 5.74) is 0.661. The van der Waals surface area contributed by atoms with Gasteiger partial charge in [-0.05, 0) is 36.0 Å². The van der Waals surface area contributed by atoms with E-state index >= 15 is 0 Å². The number of hydrogen-bond donors (Lipinski definition) is 0. The molecule has 2 nitrogen and oxygen atoms in total. The standard InChI is InChI=1S/C17H26O2/c1-10(2)12(4)13-9-17(5)11(3)7-6-8-14(17)16(19)15(13)18/h9-12,14H,6-8H2,1-5H3. The molecule has 0 aromatic carbocycles. The average molecular weight is 262 g/mol. The lowest BCUT2D eigenvalue weighted by molar-refractivity contribution is -0.142. The van der Waals surface area contributed by atoms with E-state index in [1.165, 1.54) is 0 Å². The van der Waals surface area contributed by atoms with E-state index in [1.807, 2.05) is 0 Å². The minimum absolute atomic E-state index is 0.0770. The summed E-state index contributed by atoms with van der Waals surface area (Å²) in [5, 5.41) is 0. The van der Waals surface area contributed by atoms with Gasteiger partial charge in [-0.25, -0.2) is 0 Å². The quantitative estimate of drug-likeness (QED) is 0.709. The molecule has 2 heteroatoms. The van der Waals surface area contributed by atoms with Gasteiger partial charge in [0.2, 0.25) is 11.6 Å². The molecule has 2 rings (SSSR count). The highest BCUT2D eigenvalue weighted by atomic mass is 16.2. The van der Waals surface area contributed by atoms with E-state index in [2.05, 4.69) is 40.7 Å². The van der Waals surface area contributed by atoms with Crippen molar-refractivity contribution >= 4 is 11.6 Å². The molecule has 0 amide bonds. The number of rotatable bonds is 2. The molecule has 0 N–H and O–H groups in total. The second-order valence-corrected chi connectivity index (χ2v) is 7.08. The molecular formula is C17H26O2. The zero-order valence-electron chi connectivity index (χ0n) is 12.8. The van der Waals surface area contributed by atoms with Crippen LogP contribution in [0.1, 0.15) is 53.9 Å². The van der Waals surface area contributed by atoms with E-state index < -0.39 is 0 Å². The largest absolute Gasteiger partial charge is 0.290 e. The van der Waals surface area contributed by atoms with Crippen LogP contribution in [0.25, 0.3) is 0 Å². The van der Waals surface area contributed by atoms with Gasteiger partial charge in [0.15, 0.2) is 0 Å². The van der Waals surface area contributed by atoms with Crippen LogP contribution in [0.15, 0.2) is 11.6 Å². The van der Waals surface area contributed by atoms with Crippen LogP contribution in [0.4, 0.5) is 0 Å². The zero-order valence-corrected chi connectivity index (χ0v) is 12.8. The maximum absolute atomic E-state index is 12.5. The summed E-state index contributed by atoms with van der Waals surface area (Å²) >= 11 is 0. The van der Waals surface area contributed by atoms with E-state index in [4.69, 9.17) is 0 Å². The smallest absolute Gasteiger partial charge is 0.224 e. The maximum atomic E-state index is 12.5. The van der Waals surface area contributed by atoms with Crippen LogP contribution >= 0.6 is 0 Å². The second kappa shape index (κ2) is 4.88. The Hall–Kier alpha value is -0.920. The van der Waals surface area contributed by atoms with E-state index in [1.54, 1.807) is 0 Å². The Bertz CT molecular complexity index is 433. The predicted molar refractivity (Wildman–Crippen MR) is 76.7 cm³/mol. The zero-order chi connectivity index (χ0) is 14.4. The van der Waals surface area contributed by atoms with Crippen molar-refractivity contribution in [1.29, 1.82) is 0 Å². The molecule has 0 aromatic rings. The molecule has 1 saturated carbocycles. The van der Waals surface area contributed by atoms with E-state index in [0.29, 0.717) is 11.8 Å². The number of hydrogen-bond acceptors (Lipinski definition) is 2. The molecule has 0 spiro atoms. The van der Waals surface area contributed by atoms with E-state index in [9.17, 15) is 9.59 Å². The average Bonchev–Trinajstić information content (AvgIpc) is 2.35. The van der Waals surface area contributed by atoms with Crippen molar-refractivity contribution < 1.29 is 9.59 Å². The first-order chi connectivity index (χ1) is 8.79. The van der Waals surface area contributed by atoms with Crippen LogP contribution in [0.2, 0.25) is 0 Å². The van der Waals surface area contributed by atoms with Gasteiger partial charge in [0.25, 0.3) is 0 Å². The van der Waals surface area contributed by atoms with Crippen molar-refractivity contribution in [2.45, 2.75) is 53.9 Å². The molecule has 2 aliphatic carbocycles. The minimum atomic E-state index is -0.210. The Morgan fingerprint density at radius 2 is 1.84 bits per heavy atom. The summed E-state index contributed by atoms with van der Waals surface area (Å²) in [7, 11) is 0. The molecule has 0 aromatic heterocycles. The lowest BCUT2D eigenvalue weighted by atomic mass is 9.56. The highest BCUT2D eigenvalue weighted by molar-refractivity contribution is 6.45. The molecule has 0 heterocycles. The third-order valence-corrected chi connectivity index (χ3v) is 5.70. The van der Waals surface area contributed by atoms with Crippen LogP contribution in [-0.2, 0) is 9.59 Å². The molecule has 0 radical (unpaired) electrons. The summed E-state index contributed by atoms with van der Waals surface area (Å²) in [6, 6.07) is 0. The summed E-state index contributed by atoms with van der Waals surface area (Å²) in [4.78, 5) is 24.8. The van der Waals surface area contributed by atoms with Gasteiger partial charge in [-0.3, -0.25) is 9.59 Å². The molecule has 0 saturated heterocycles. The van der Waals surface area contributed by atoms with Gasteiger partial charge in [0, 0.05) is 11.5 Å². The number of allylic oxidation sites excluding steroid dienone is 2. The van der Waals surface area contributed by atoms with Crippen molar-refractivity contribution in [3.63, 3.8) is 0 Å². The van der Waals surface area contributed by atoms with Gasteiger partial charge in [0.1, 0.15) is 0 Å². The van der Waals surface area contributed by atoms with Gasteiger partial charge in [-0.2, -0.15) is 0 Å². The molecule has 19 heavy (non-hydrogen) atoms. The van der Waals surface area contributed by atoms with E-state index in [0.717, 1.165) is 24.8 Å². The summed E-state index contributed by atoms with van der Waals surface area (Å²) in [6.45, 7) is 10.7. The number of Topliss-reactive ketones (excluding diaryl/α,β-unsaturated/α-hetero) is 2. The van der Waals surface area contributed by atoms with Crippen molar-refractivity contribution in [3.8, 4) is 0 Å². The van der Waals surface area contributed by atoms with Gasteiger partial charge in [0.05, 0.1) is 0 Å². The first-order valence-electron chi connectivity index (χ1n) is 7.60. The monoisotopic (exact) mass is 262 g/mol. The molecule has 0 aliphatic heterocycles. The fourth-order valence-corrected chi connectivity index (χ4v) is 3.65. The molecule has 4 atom stereocenters. The fourth-order valence-electron chi connectivity index (χ4n) is 3.65. The Kier molecular flexibility index (Phi) is 3.72. The topological polar surface area (TPSA) is 34.1 Å². The first kappa shape index (κ1) is 14.5. The van der Waals surface area contributed by atoms with E-state index in [-0.39, 0.29) is 28.8 Å². The highest BCUT2D eigenvalue weighted by Crippen LogP contribution is 2.50. The Labute approximate surface area is 116 Å². The van der Waals surface area contributed by atoms with Crippen LogP contribution in [0, 0.1) is 29.1 Å². The van der Waals surface area contributed by atoms with Crippen LogP contribution in [-0.4, -0.2) is 11.6 Å². The third-order valence-electron chi connectivity index (χ3n) is 5.70. The predicted octanol–water partition coefficient (Wildman–Crippen LogP) is 3.80. The normalized spacial score (nSPS) is 37.1. The minimum Gasteiger partial charge on any atom is -0.290 e. The fraction of sp³-hybridized carbons (Fsp3) is 0.765. The maximum Gasteiger partial charge on any atom is 0.224 e. The van der Waals surface area contributed by atoms with Crippen molar-refractivity contribution in [2.75, 3.05) is 0 Å². The van der Waals surface area contributed by atoms with Gasteiger partial charge < -0.3 is 0 Å². The Balaban J connectivity index is 2.48. The third kappa shape index (κ3) is 2.19. The number of carbonyl (C=O) groups is 2. The van der Waals surface area contributed by atoms with Crippen LogP contribution in [0.3, 0.4) is 0 Å². The number of carbonyl (C=O) groups excluding carboxylic acids is 2. The van der Waals surface area contributed by atoms with Crippen molar-refractivity contribution in [1.82, 2.24) is 0 Å². The summed E-state index contributed by atoms with van der Waals surface area (Å²) in [5.74, 6) is 0.631. The number of fused-ring (bicyclic) bond motifs is 1. The van der Waals surface area contributed by atoms with Gasteiger partial charge in [-0.1, -0.05) is 47.1 Å². The molecule has 106 valence electrons. The lowest BCUT2D eigenvalue weighted by Crippen LogP contribution is -2.48. The van der Waals surface area contributed by atoms with Crippen LogP contribution < -0.4 is 0 Å². The van der Waals surface area contributed by atoms with Crippen molar-refractivity contribution in [2.24, 2.45) is 29.1 Å². The van der Waals surface area contributed by atoms with Crippen LogP contribution in [0.5, 0.6) is 0 Å². The second-order valence-electron chi connectivity index (χ2n) is 7.08. The molecule has 2 aliphatic rings. The Morgan fingerprint density at radius 1 is 1.21 bits per heavy atom. The molecular weight excluding hydrogens is 236 g/mol. The highest BCUT2D eigenvalue weighted by Gasteiger charge is 2.50. The Morgan fingerprint density at radius 3 is 2.42 bits per heavy atom. The molecule has 1 fully saturated rings.